The number of aromatic nitrogens is 1. The van der Waals surface area contributed by atoms with Crippen LogP contribution in [0.4, 0.5) is 11.5 Å². The number of hydrogen-bond donors (Lipinski definition) is 1. The van der Waals surface area contributed by atoms with Gasteiger partial charge in [-0.1, -0.05) is 12.1 Å². The molecule has 0 fully saturated rings. The third kappa shape index (κ3) is 2.72. The minimum Gasteiger partial charge on any atom is -0.384 e. The zero-order chi connectivity index (χ0) is 14.7. The highest BCUT2D eigenvalue weighted by Crippen LogP contribution is 2.15. The summed E-state index contributed by atoms with van der Waals surface area (Å²) in [6, 6.07) is 9.09. The van der Waals surface area contributed by atoms with Crippen molar-refractivity contribution in [3.05, 3.63) is 68.0 Å². The lowest BCUT2D eigenvalue weighted by Gasteiger charge is -2.03. The van der Waals surface area contributed by atoms with Crippen LogP contribution in [0.3, 0.4) is 0 Å². The van der Waals surface area contributed by atoms with E-state index in [1.54, 1.807) is 25.1 Å². The third-order valence-electron chi connectivity index (χ3n) is 2.63. The summed E-state index contributed by atoms with van der Waals surface area (Å²) in [4.78, 5) is 22.1. The zero-order valence-corrected chi connectivity index (χ0v) is 10.7. The van der Waals surface area contributed by atoms with E-state index in [1.807, 2.05) is 0 Å². The Morgan fingerprint density at radius 1 is 1.35 bits per heavy atom. The van der Waals surface area contributed by atoms with Gasteiger partial charge in [-0.05, 0) is 24.6 Å². The Bertz CT molecular complexity index is 750. The molecular formula is C13H12N4O3. The molecule has 20 heavy (non-hydrogen) atoms. The largest absolute Gasteiger partial charge is 0.384 e. The summed E-state index contributed by atoms with van der Waals surface area (Å²) in [6.45, 7) is 1.74. The summed E-state index contributed by atoms with van der Waals surface area (Å²) in [5.41, 5.74) is 6.24. The second kappa shape index (κ2) is 5.35. The van der Waals surface area contributed by atoms with Crippen molar-refractivity contribution in [3.63, 3.8) is 0 Å². The van der Waals surface area contributed by atoms with Gasteiger partial charge in [-0.15, -0.1) is 0 Å². The lowest BCUT2D eigenvalue weighted by Crippen LogP contribution is -2.19. The van der Waals surface area contributed by atoms with Crippen LogP contribution in [0, 0.1) is 17.0 Å². The highest BCUT2D eigenvalue weighted by Gasteiger charge is 2.10. The fourth-order valence-corrected chi connectivity index (χ4v) is 1.73. The van der Waals surface area contributed by atoms with Crippen LogP contribution in [-0.2, 0) is 0 Å². The minimum absolute atomic E-state index is 0.0880. The van der Waals surface area contributed by atoms with E-state index in [9.17, 15) is 14.9 Å². The molecule has 2 rings (SSSR count). The average Bonchev–Trinajstić information content (AvgIpc) is 2.37. The number of benzene rings is 1. The molecule has 1 heterocycles. The second-order valence-electron chi connectivity index (χ2n) is 4.17. The average molecular weight is 272 g/mol. The molecular weight excluding hydrogens is 260 g/mol. The summed E-state index contributed by atoms with van der Waals surface area (Å²) in [5, 5.41) is 14.8. The first-order chi connectivity index (χ1) is 9.49. The van der Waals surface area contributed by atoms with E-state index in [0.29, 0.717) is 5.56 Å². The monoisotopic (exact) mass is 272 g/mol. The van der Waals surface area contributed by atoms with Gasteiger partial charge in [-0.3, -0.25) is 14.9 Å². The highest BCUT2D eigenvalue weighted by atomic mass is 16.6. The molecule has 0 amide bonds. The lowest BCUT2D eigenvalue weighted by atomic mass is 10.2. The maximum Gasteiger partial charge on any atom is 0.278 e. The number of nitrogens with zero attached hydrogens (tertiary/aromatic N) is 3. The van der Waals surface area contributed by atoms with E-state index in [-0.39, 0.29) is 11.5 Å². The smallest absolute Gasteiger partial charge is 0.278 e. The molecule has 0 aliphatic heterocycles. The number of nitro benzene ring substituents is 1. The summed E-state index contributed by atoms with van der Waals surface area (Å²) >= 11 is 0. The molecule has 0 spiro atoms. The molecule has 0 atom stereocenters. The molecule has 0 saturated carbocycles. The molecule has 0 saturated heterocycles. The van der Waals surface area contributed by atoms with Gasteiger partial charge >= 0.3 is 0 Å². The van der Waals surface area contributed by atoms with Crippen molar-refractivity contribution in [2.24, 2.45) is 5.10 Å². The van der Waals surface area contributed by atoms with Gasteiger partial charge in [0.05, 0.1) is 16.7 Å². The van der Waals surface area contributed by atoms with Crippen molar-refractivity contribution < 1.29 is 4.92 Å². The standard InChI is InChI=1S/C13H12N4O3/c1-9-6-12(14)16(13(18)7-9)15-8-10-4-2-3-5-11(10)17(19)20/h2-8H,14H2,1H3/b15-8-. The molecule has 1 aromatic carbocycles. The molecule has 0 radical (unpaired) electrons. The number of hydrogen-bond acceptors (Lipinski definition) is 5. The summed E-state index contributed by atoms with van der Waals surface area (Å²) in [5.74, 6) is 0.171. The van der Waals surface area contributed by atoms with E-state index in [2.05, 4.69) is 5.10 Å². The molecule has 1 aromatic heterocycles. The van der Waals surface area contributed by atoms with Crippen LogP contribution in [0.1, 0.15) is 11.1 Å². The number of rotatable bonds is 3. The lowest BCUT2D eigenvalue weighted by molar-refractivity contribution is -0.385. The fourth-order valence-electron chi connectivity index (χ4n) is 1.73. The number of nitrogen functional groups attached to an aromatic ring is 1. The van der Waals surface area contributed by atoms with Gasteiger partial charge < -0.3 is 5.73 Å². The Kier molecular flexibility index (Phi) is 3.60. The van der Waals surface area contributed by atoms with Gasteiger partial charge in [0.15, 0.2) is 0 Å². The molecule has 0 bridgehead atoms. The minimum atomic E-state index is -0.511. The molecule has 7 nitrogen and oxygen atoms in total. The molecule has 102 valence electrons. The zero-order valence-electron chi connectivity index (χ0n) is 10.7. The summed E-state index contributed by atoms with van der Waals surface area (Å²) in [6.07, 6.45) is 1.24. The number of nitrogens with two attached hydrogens (primary N) is 1. The maximum absolute atomic E-state index is 11.7. The van der Waals surface area contributed by atoms with Gasteiger partial charge in [-0.2, -0.15) is 9.78 Å². The second-order valence-corrected chi connectivity index (χ2v) is 4.17. The Morgan fingerprint density at radius 3 is 2.70 bits per heavy atom. The van der Waals surface area contributed by atoms with Crippen LogP contribution >= 0.6 is 0 Å². The molecule has 7 heteroatoms. The maximum atomic E-state index is 11.7. The van der Waals surface area contributed by atoms with E-state index < -0.39 is 10.5 Å². The molecule has 2 N–H and O–H groups in total. The fraction of sp³-hybridized carbons (Fsp3) is 0.0769. The van der Waals surface area contributed by atoms with Crippen LogP contribution in [0.15, 0.2) is 46.3 Å². The first-order valence-corrected chi connectivity index (χ1v) is 5.76. The number of para-hydroxylation sites is 1. The SMILES string of the molecule is Cc1cc(N)n(/N=C\c2ccccc2[N+](=O)[O-])c(=O)c1. The first kappa shape index (κ1) is 13.5. The predicted octanol–water partition coefficient (Wildman–Crippen LogP) is 1.53. The number of nitro groups is 1. The quantitative estimate of drug-likeness (QED) is 0.519. The van der Waals surface area contributed by atoms with E-state index in [0.717, 1.165) is 10.2 Å². The summed E-state index contributed by atoms with van der Waals surface area (Å²) < 4.78 is 0.990. The van der Waals surface area contributed by atoms with Crippen LogP contribution in [-0.4, -0.2) is 15.8 Å². The van der Waals surface area contributed by atoms with Crippen molar-refractivity contribution >= 4 is 17.7 Å². The van der Waals surface area contributed by atoms with Crippen molar-refractivity contribution in [1.82, 2.24) is 4.68 Å². The first-order valence-electron chi connectivity index (χ1n) is 5.76. The Labute approximate surface area is 114 Å². The Morgan fingerprint density at radius 2 is 2.05 bits per heavy atom. The van der Waals surface area contributed by atoms with Gasteiger partial charge in [0, 0.05) is 12.1 Å². The van der Waals surface area contributed by atoms with E-state index in [1.165, 1.54) is 24.4 Å². The highest BCUT2D eigenvalue weighted by molar-refractivity contribution is 5.85. The van der Waals surface area contributed by atoms with E-state index >= 15 is 0 Å². The Hall–Kier alpha value is -2.96. The van der Waals surface area contributed by atoms with Gasteiger partial charge in [0.1, 0.15) is 5.82 Å². The normalized spacial score (nSPS) is 10.8. The van der Waals surface area contributed by atoms with Gasteiger partial charge in [0.2, 0.25) is 0 Å². The van der Waals surface area contributed by atoms with Crippen molar-refractivity contribution in [3.8, 4) is 0 Å². The van der Waals surface area contributed by atoms with Crippen LogP contribution < -0.4 is 11.3 Å². The van der Waals surface area contributed by atoms with Crippen molar-refractivity contribution in [2.75, 3.05) is 5.73 Å². The summed E-state index contributed by atoms with van der Waals surface area (Å²) in [7, 11) is 0. The molecule has 0 aliphatic carbocycles. The number of aryl methyl sites for hydroxylation is 1. The van der Waals surface area contributed by atoms with E-state index in [4.69, 9.17) is 5.73 Å². The Balaban J connectivity index is 2.46. The number of pyridine rings is 1. The van der Waals surface area contributed by atoms with Gasteiger partial charge in [-0.25, -0.2) is 0 Å². The molecule has 0 aliphatic rings. The van der Waals surface area contributed by atoms with Crippen molar-refractivity contribution in [2.45, 2.75) is 6.92 Å². The number of anilines is 1. The molecule has 0 unspecified atom stereocenters. The third-order valence-corrected chi connectivity index (χ3v) is 2.63. The van der Waals surface area contributed by atoms with Gasteiger partial charge in [0.25, 0.3) is 11.2 Å². The predicted molar refractivity (Wildman–Crippen MR) is 75.9 cm³/mol. The van der Waals surface area contributed by atoms with Crippen LogP contribution in [0.5, 0.6) is 0 Å². The van der Waals surface area contributed by atoms with Crippen LogP contribution in [0.2, 0.25) is 0 Å². The molecule has 2 aromatic rings. The van der Waals surface area contributed by atoms with Crippen molar-refractivity contribution in [1.29, 1.82) is 0 Å². The topological polar surface area (TPSA) is 104 Å². The van der Waals surface area contributed by atoms with Crippen LogP contribution in [0.25, 0.3) is 0 Å².